The fourth-order valence-corrected chi connectivity index (χ4v) is 1.85. The lowest BCUT2D eigenvalue weighted by atomic mass is 10.3. The molecule has 0 aromatic rings. The number of unbranched alkanes of at least 4 members (excludes halogenated alkanes) is 2. The van der Waals surface area contributed by atoms with Crippen LogP contribution in [0.5, 0.6) is 0 Å². The molecule has 0 bridgehead atoms. The molecule has 0 fully saturated rings. The maximum atomic E-state index is 5.20. The van der Waals surface area contributed by atoms with Gasteiger partial charge in [-0.1, -0.05) is 26.7 Å². The summed E-state index contributed by atoms with van der Waals surface area (Å²) in [6, 6.07) is 0. The van der Waals surface area contributed by atoms with Crippen molar-refractivity contribution < 1.29 is 0 Å². The third-order valence-corrected chi connectivity index (χ3v) is 3.23. The summed E-state index contributed by atoms with van der Waals surface area (Å²) in [5.74, 6) is 0. The van der Waals surface area contributed by atoms with Crippen molar-refractivity contribution in [1.29, 1.82) is 0 Å². The topological polar surface area (TPSA) is 53.3 Å². The van der Waals surface area contributed by atoms with Crippen LogP contribution < -0.4 is 16.4 Å². The number of thiocarbonyl (C=S) groups is 2. The van der Waals surface area contributed by atoms with Gasteiger partial charge in [0.2, 0.25) is 0 Å². The van der Waals surface area contributed by atoms with Crippen molar-refractivity contribution >= 4 is 34.7 Å². The largest absolute Gasteiger partial charge is 0.376 e. The Kier molecular flexibility index (Phi) is 17.8. The van der Waals surface area contributed by atoms with Crippen molar-refractivity contribution in [1.82, 2.24) is 15.5 Å². The molecule has 6 heteroatoms. The smallest absolute Gasteiger partial charge is 0.168 e. The van der Waals surface area contributed by atoms with Crippen LogP contribution in [0.4, 0.5) is 0 Å². The second-order valence-electron chi connectivity index (χ2n) is 4.40. The van der Waals surface area contributed by atoms with E-state index in [1.165, 1.54) is 19.3 Å². The molecular formula is C14H32N4S2. The van der Waals surface area contributed by atoms with E-state index in [4.69, 9.17) is 18.0 Å². The Morgan fingerprint density at radius 1 is 0.900 bits per heavy atom. The summed E-state index contributed by atoms with van der Waals surface area (Å²) in [5.41, 5.74) is 5.15. The Bertz CT molecular complexity index is 243. The van der Waals surface area contributed by atoms with E-state index in [2.05, 4.69) is 55.4 Å². The number of nitrogens with one attached hydrogen (secondary N) is 2. The highest BCUT2D eigenvalue weighted by Crippen LogP contribution is 1.90. The predicted molar refractivity (Wildman–Crippen MR) is 98.1 cm³/mol. The minimum Gasteiger partial charge on any atom is -0.376 e. The standard InChI is InChI=1S/C9H20N2S.C5H12N2S/c1-4-7-8-10-9(12)11(5-2)6-3;1-2-3-4-7-5(6)8/h4-8H2,1-3H3,(H,10,12);2-4H2,1H3,(H3,6,7,8). The van der Waals surface area contributed by atoms with Gasteiger partial charge in [-0.3, -0.25) is 0 Å². The van der Waals surface area contributed by atoms with Crippen LogP contribution in [0.15, 0.2) is 0 Å². The van der Waals surface area contributed by atoms with Crippen LogP contribution in [0.25, 0.3) is 0 Å². The first-order valence-corrected chi connectivity index (χ1v) is 8.41. The average Bonchev–Trinajstić information content (AvgIpc) is 2.41. The van der Waals surface area contributed by atoms with Crippen LogP contribution in [-0.4, -0.2) is 41.3 Å². The summed E-state index contributed by atoms with van der Waals surface area (Å²) >= 11 is 9.78. The Morgan fingerprint density at radius 2 is 1.35 bits per heavy atom. The highest BCUT2D eigenvalue weighted by molar-refractivity contribution is 7.80. The van der Waals surface area contributed by atoms with Gasteiger partial charge in [-0.25, -0.2) is 0 Å². The molecule has 0 aromatic heterocycles. The van der Waals surface area contributed by atoms with E-state index in [1.54, 1.807) is 0 Å². The molecule has 0 rings (SSSR count). The Balaban J connectivity index is 0. The lowest BCUT2D eigenvalue weighted by molar-refractivity contribution is 0.455. The maximum Gasteiger partial charge on any atom is 0.168 e. The molecule has 0 aliphatic rings. The van der Waals surface area contributed by atoms with Crippen LogP contribution >= 0.6 is 24.4 Å². The van der Waals surface area contributed by atoms with Gasteiger partial charge in [-0.05, 0) is 51.1 Å². The Morgan fingerprint density at radius 3 is 1.70 bits per heavy atom. The van der Waals surface area contributed by atoms with E-state index in [-0.39, 0.29) is 0 Å². The Labute approximate surface area is 135 Å². The molecular weight excluding hydrogens is 288 g/mol. The average molecular weight is 321 g/mol. The van der Waals surface area contributed by atoms with Crippen molar-refractivity contribution in [3.63, 3.8) is 0 Å². The van der Waals surface area contributed by atoms with Gasteiger partial charge in [-0.2, -0.15) is 0 Å². The summed E-state index contributed by atoms with van der Waals surface area (Å²) in [5, 5.41) is 7.40. The molecule has 0 amide bonds. The van der Waals surface area contributed by atoms with Gasteiger partial charge < -0.3 is 21.3 Å². The lowest BCUT2D eigenvalue weighted by Crippen LogP contribution is -2.39. The molecule has 0 aromatic carbocycles. The summed E-state index contributed by atoms with van der Waals surface area (Å²) in [6.45, 7) is 12.5. The zero-order valence-electron chi connectivity index (χ0n) is 13.5. The van der Waals surface area contributed by atoms with Crippen molar-refractivity contribution in [2.24, 2.45) is 5.73 Å². The van der Waals surface area contributed by atoms with Gasteiger partial charge in [0.1, 0.15) is 0 Å². The van der Waals surface area contributed by atoms with Gasteiger partial charge in [-0.15, -0.1) is 0 Å². The van der Waals surface area contributed by atoms with Crippen LogP contribution in [0.2, 0.25) is 0 Å². The second-order valence-corrected chi connectivity index (χ2v) is 5.23. The minimum atomic E-state index is 0.401. The number of nitrogens with two attached hydrogens (primary N) is 1. The summed E-state index contributed by atoms with van der Waals surface area (Å²) in [4.78, 5) is 2.16. The molecule has 0 aliphatic heterocycles. The number of hydrogen-bond donors (Lipinski definition) is 3. The zero-order valence-corrected chi connectivity index (χ0v) is 15.1. The van der Waals surface area contributed by atoms with Crippen molar-refractivity contribution in [2.75, 3.05) is 26.2 Å². The molecule has 0 spiro atoms. The van der Waals surface area contributed by atoms with Crippen LogP contribution in [-0.2, 0) is 0 Å². The molecule has 4 nitrogen and oxygen atoms in total. The highest BCUT2D eigenvalue weighted by Gasteiger charge is 2.02. The quantitative estimate of drug-likeness (QED) is 0.472. The molecule has 0 saturated carbocycles. The SMILES string of the molecule is CCCCNC(=S)N(CC)CC.CCCCNC(N)=S. The number of hydrogen-bond acceptors (Lipinski definition) is 2. The summed E-state index contributed by atoms with van der Waals surface area (Å²) in [6.07, 6.45) is 4.72. The monoisotopic (exact) mass is 320 g/mol. The van der Waals surface area contributed by atoms with Crippen molar-refractivity contribution in [3.8, 4) is 0 Å². The first-order valence-electron chi connectivity index (χ1n) is 7.59. The second kappa shape index (κ2) is 16.4. The van der Waals surface area contributed by atoms with Gasteiger partial charge in [0.25, 0.3) is 0 Å². The van der Waals surface area contributed by atoms with E-state index in [0.717, 1.165) is 37.7 Å². The molecule has 0 heterocycles. The van der Waals surface area contributed by atoms with Crippen LogP contribution in [0.3, 0.4) is 0 Å². The zero-order chi connectivity index (χ0) is 15.8. The van der Waals surface area contributed by atoms with Gasteiger partial charge in [0.05, 0.1) is 0 Å². The molecule has 0 atom stereocenters. The highest BCUT2D eigenvalue weighted by atomic mass is 32.1. The fourth-order valence-electron chi connectivity index (χ4n) is 1.38. The molecule has 20 heavy (non-hydrogen) atoms. The van der Waals surface area contributed by atoms with Gasteiger partial charge >= 0.3 is 0 Å². The minimum absolute atomic E-state index is 0.401. The van der Waals surface area contributed by atoms with E-state index >= 15 is 0 Å². The lowest BCUT2D eigenvalue weighted by Gasteiger charge is -2.22. The molecule has 0 saturated heterocycles. The van der Waals surface area contributed by atoms with E-state index in [0.29, 0.717) is 5.11 Å². The number of rotatable bonds is 8. The first kappa shape index (κ1) is 21.7. The van der Waals surface area contributed by atoms with Crippen molar-refractivity contribution in [2.45, 2.75) is 53.4 Å². The predicted octanol–water partition coefficient (Wildman–Crippen LogP) is 2.62. The normalized spacial score (nSPS) is 9.20. The number of nitrogens with zero attached hydrogens (tertiary/aromatic N) is 1. The summed E-state index contributed by atoms with van der Waals surface area (Å²) < 4.78 is 0. The van der Waals surface area contributed by atoms with E-state index in [9.17, 15) is 0 Å². The molecule has 4 N–H and O–H groups in total. The first-order chi connectivity index (χ1) is 9.53. The summed E-state index contributed by atoms with van der Waals surface area (Å²) in [7, 11) is 0. The third kappa shape index (κ3) is 15.4. The van der Waals surface area contributed by atoms with Crippen LogP contribution in [0.1, 0.15) is 53.4 Å². The van der Waals surface area contributed by atoms with Gasteiger partial charge in [0.15, 0.2) is 10.2 Å². The molecule has 0 unspecified atom stereocenters. The van der Waals surface area contributed by atoms with Gasteiger partial charge in [0, 0.05) is 26.2 Å². The van der Waals surface area contributed by atoms with E-state index < -0.39 is 0 Å². The van der Waals surface area contributed by atoms with Crippen molar-refractivity contribution in [3.05, 3.63) is 0 Å². The maximum absolute atomic E-state index is 5.20. The molecule has 0 aliphatic carbocycles. The van der Waals surface area contributed by atoms with Crippen LogP contribution in [0, 0.1) is 0 Å². The molecule has 120 valence electrons. The molecule has 0 radical (unpaired) electrons. The third-order valence-electron chi connectivity index (χ3n) is 2.69. The van der Waals surface area contributed by atoms with E-state index in [1.807, 2.05) is 0 Å². The fraction of sp³-hybridized carbons (Fsp3) is 0.857. The Hall–Kier alpha value is -0.620.